The molecule has 0 atom stereocenters. The van der Waals surface area contributed by atoms with Crippen LogP contribution >= 0.6 is 0 Å². The predicted octanol–water partition coefficient (Wildman–Crippen LogP) is 4.44. The van der Waals surface area contributed by atoms with Gasteiger partial charge in [0, 0.05) is 17.3 Å². The Bertz CT molecular complexity index is 1290. The molecule has 4 aromatic rings. The Morgan fingerprint density at radius 1 is 1.12 bits per heavy atom. The first-order valence-electron chi connectivity index (χ1n) is 10.0. The molecule has 2 aromatic heterocycles. The maximum atomic E-state index is 14.6. The molecule has 0 spiro atoms. The van der Waals surface area contributed by atoms with E-state index in [9.17, 15) is 9.18 Å². The molecule has 0 aliphatic heterocycles. The first-order valence-corrected chi connectivity index (χ1v) is 10.0. The summed E-state index contributed by atoms with van der Waals surface area (Å²) in [5, 5.41) is 6.77. The molecular weight excluding hydrogens is 427 g/mol. The molecular formula is C24H21FN4O4. The Kier molecular flexibility index (Phi) is 6.30. The predicted molar refractivity (Wildman–Crippen MR) is 120 cm³/mol. The van der Waals surface area contributed by atoms with E-state index >= 15 is 0 Å². The highest BCUT2D eigenvalue weighted by Crippen LogP contribution is 2.38. The average Bonchev–Trinajstić information content (AvgIpc) is 3.24. The fraction of sp³-hybridized carbons (Fsp3) is 0.167. The molecule has 0 saturated heterocycles. The number of benzene rings is 2. The highest BCUT2D eigenvalue weighted by Gasteiger charge is 2.24. The van der Waals surface area contributed by atoms with Crippen LogP contribution in [0, 0.1) is 12.7 Å². The van der Waals surface area contributed by atoms with E-state index in [4.69, 9.17) is 14.0 Å². The van der Waals surface area contributed by atoms with Crippen molar-refractivity contribution in [3.05, 3.63) is 71.9 Å². The third-order valence-corrected chi connectivity index (χ3v) is 5.00. The van der Waals surface area contributed by atoms with Gasteiger partial charge in [-0.15, -0.1) is 0 Å². The molecule has 0 aliphatic rings. The molecule has 2 heterocycles. The van der Waals surface area contributed by atoms with Crippen LogP contribution in [-0.2, 0) is 11.2 Å². The van der Waals surface area contributed by atoms with Gasteiger partial charge in [0.05, 0.1) is 31.9 Å². The lowest BCUT2D eigenvalue weighted by molar-refractivity contribution is -0.115. The van der Waals surface area contributed by atoms with Gasteiger partial charge in [-0.2, -0.15) is 0 Å². The van der Waals surface area contributed by atoms with Crippen molar-refractivity contribution in [3.63, 3.8) is 0 Å². The van der Waals surface area contributed by atoms with Crippen molar-refractivity contribution >= 4 is 11.8 Å². The number of hydrogen-bond donors (Lipinski definition) is 1. The molecule has 33 heavy (non-hydrogen) atoms. The number of aryl methyl sites for hydroxylation is 1. The summed E-state index contributed by atoms with van der Waals surface area (Å²) in [7, 11) is 3.07. The lowest BCUT2D eigenvalue weighted by atomic mass is 10.0. The van der Waals surface area contributed by atoms with Crippen LogP contribution in [0.2, 0.25) is 0 Å². The quantitative estimate of drug-likeness (QED) is 0.446. The number of anilines is 1. The van der Waals surface area contributed by atoms with E-state index in [2.05, 4.69) is 20.4 Å². The third kappa shape index (κ3) is 4.67. The van der Waals surface area contributed by atoms with Gasteiger partial charge in [-0.05, 0) is 43.3 Å². The Balaban J connectivity index is 1.71. The molecule has 0 fully saturated rings. The lowest BCUT2D eigenvalue weighted by Gasteiger charge is -2.10. The number of rotatable bonds is 7. The fourth-order valence-electron chi connectivity index (χ4n) is 3.42. The Labute approximate surface area is 189 Å². The number of nitrogens with one attached hydrogen (secondary N) is 1. The lowest BCUT2D eigenvalue weighted by Crippen LogP contribution is -2.15. The fourth-order valence-corrected chi connectivity index (χ4v) is 3.42. The summed E-state index contributed by atoms with van der Waals surface area (Å²) < 4.78 is 30.7. The number of carbonyl (C=O) groups is 1. The normalized spacial score (nSPS) is 10.7. The maximum absolute atomic E-state index is 14.6. The third-order valence-electron chi connectivity index (χ3n) is 5.00. The summed E-state index contributed by atoms with van der Waals surface area (Å²) in [6, 6.07) is 11.5. The van der Waals surface area contributed by atoms with Gasteiger partial charge in [0.15, 0.2) is 0 Å². The number of carbonyl (C=O) groups excluding carboxylic acids is 1. The van der Waals surface area contributed by atoms with Crippen molar-refractivity contribution < 1.29 is 23.2 Å². The number of nitrogens with zero attached hydrogens (tertiary/aromatic N) is 3. The highest BCUT2D eigenvalue weighted by molar-refractivity contribution is 5.97. The number of ether oxygens (including phenoxy) is 2. The van der Waals surface area contributed by atoms with E-state index < -0.39 is 5.82 Å². The van der Waals surface area contributed by atoms with Crippen LogP contribution < -0.4 is 14.8 Å². The highest BCUT2D eigenvalue weighted by atomic mass is 19.1. The minimum atomic E-state index is -0.469. The molecule has 0 unspecified atom stereocenters. The van der Waals surface area contributed by atoms with Gasteiger partial charge in [0.25, 0.3) is 0 Å². The number of amides is 1. The van der Waals surface area contributed by atoms with Gasteiger partial charge in [-0.25, -0.2) is 14.4 Å². The van der Waals surface area contributed by atoms with Crippen LogP contribution in [0.3, 0.4) is 0 Å². The number of aromatic nitrogens is 3. The van der Waals surface area contributed by atoms with Crippen molar-refractivity contribution in [2.75, 3.05) is 19.5 Å². The van der Waals surface area contributed by atoms with Crippen molar-refractivity contribution in [1.29, 1.82) is 0 Å². The van der Waals surface area contributed by atoms with E-state index in [1.807, 2.05) is 6.92 Å². The first-order chi connectivity index (χ1) is 16.0. The molecule has 4 rings (SSSR count). The SMILES string of the molecule is COc1ccc(OC)c(CC(=O)Nc2onc(-c3cc(C)ccc3F)c2-c2ccncn2)c1. The van der Waals surface area contributed by atoms with E-state index in [-0.39, 0.29) is 29.5 Å². The summed E-state index contributed by atoms with van der Waals surface area (Å²) in [5.41, 5.74) is 2.72. The van der Waals surface area contributed by atoms with Gasteiger partial charge in [-0.1, -0.05) is 16.8 Å². The van der Waals surface area contributed by atoms with E-state index in [0.29, 0.717) is 28.3 Å². The van der Waals surface area contributed by atoms with Crippen molar-refractivity contribution in [3.8, 4) is 34.0 Å². The van der Waals surface area contributed by atoms with Crippen LogP contribution in [0.15, 0.2) is 59.5 Å². The monoisotopic (exact) mass is 448 g/mol. The summed E-state index contributed by atoms with van der Waals surface area (Å²) in [6.07, 6.45) is 2.88. The topological polar surface area (TPSA) is 99.4 Å². The average molecular weight is 448 g/mol. The molecule has 9 heteroatoms. The summed E-state index contributed by atoms with van der Waals surface area (Å²) in [4.78, 5) is 21.1. The Hall–Kier alpha value is -4.27. The second-order valence-corrected chi connectivity index (χ2v) is 7.22. The smallest absolute Gasteiger partial charge is 0.241 e. The number of hydrogen-bond acceptors (Lipinski definition) is 7. The Morgan fingerprint density at radius 2 is 1.97 bits per heavy atom. The van der Waals surface area contributed by atoms with E-state index in [1.165, 1.54) is 19.5 Å². The van der Waals surface area contributed by atoms with Crippen molar-refractivity contribution in [2.24, 2.45) is 0 Å². The van der Waals surface area contributed by atoms with Crippen LogP contribution in [0.1, 0.15) is 11.1 Å². The van der Waals surface area contributed by atoms with E-state index in [0.717, 1.165) is 5.56 Å². The van der Waals surface area contributed by atoms with Crippen LogP contribution in [-0.4, -0.2) is 35.3 Å². The van der Waals surface area contributed by atoms with Gasteiger partial charge >= 0.3 is 0 Å². The first kappa shape index (κ1) is 21.9. The van der Waals surface area contributed by atoms with Crippen molar-refractivity contribution in [2.45, 2.75) is 13.3 Å². The van der Waals surface area contributed by atoms with Gasteiger partial charge in [-0.3, -0.25) is 10.1 Å². The zero-order chi connectivity index (χ0) is 23.4. The largest absolute Gasteiger partial charge is 0.497 e. The number of methoxy groups -OCH3 is 2. The Morgan fingerprint density at radius 3 is 2.70 bits per heavy atom. The van der Waals surface area contributed by atoms with E-state index in [1.54, 1.807) is 49.7 Å². The second kappa shape index (κ2) is 9.47. The molecule has 0 saturated carbocycles. The summed E-state index contributed by atoms with van der Waals surface area (Å²) >= 11 is 0. The molecule has 168 valence electrons. The molecule has 0 bridgehead atoms. The van der Waals surface area contributed by atoms with Gasteiger partial charge in [0.2, 0.25) is 11.8 Å². The minimum Gasteiger partial charge on any atom is -0.497 e. The van der Waals surface area contributed by atoms with Crippen LogP contribution in [0.25, 0.3) is 22.5 Å². The maximum Gasteiger partial charge on any atom is 0.241 e. The second-order valence-electron chi connectivity index (χ2n) is 7.22. The standard InChI is InChI=1S/C24H21FN4O4/c1-14-4-6-18(25)17(10-14)23-22(19-8-9-26-13-27-19)24(33-29-23)28-21(30)12-15-11-16(31-2)5-7-20(15)32-3/h4-11,13H,12H2,1-3H3,(H,28,30). The number of halogens is 1. The summed E-state index contributed by atoms with van der Waals surface area (Å²) in [6.45, 7) is 1.84. The van der Waals surface area contributed by atoms with Crippen LogP contribution in [0.5, 0.6) is 11.5 Å². The molecule has 0 radical (unpaired) electrons. The molecule has 1 amide bonds. The zero-order valence-corrected chi connectivity index (χ0v) is 18.3. The van der Waals surface area contributed by atoms with Crippen molar-refractivity contribution in [1.82, 2.24) is 15.1 Å². The molecule has 0 aliphatic carbocycles. The molecule has 2 aromatic carbocycles. The van der Waals surface area contributed by atoms with Gasteiger partial charge in [0.1, 0.15) is 29.3 Å². The zero-order valence-electron chi connectivity index (χ0n) is 18.3. The van der Waals surface area contributed by atoms with Crippen LogP contribution in [0.4, 0.5) is 10.3 Å². The minimum absolute atomic E-state index is 0.0154. The molecule has 1 N–H and O–H groups in total. The van der Waals surface area contributed by atoms with Gasteiger partial charge < -0.3 is 14.0 Å². The summed E-state index contributed by atoms with van der Waals surface area (Å²) in [5.74, 6) is 0.336. The molecule has 8 nitrogen and oxygen atoms in total.